The third-order valence-corrected chi connectivity index (χ3v) is 7.19. The molecule has 0 atom stereocenters. The minimum absolute atomic E-state index is 0.153. The van der Waals surface area contributed by atoms with Crippen LogP contribution in [0.3, 0.4) is 0 Å². The van der Waals surface area contributed by atoms with E-state index in [1.807, 2.05) is 12.1 Å². The van der Waals surface area contributed by atoms with Gasteiger partial charge >= 0.3 is 0 Å². The number of aryl methyl sites for hydroxylation is 1. The normalized spacial score (nSPS) is 13.7. The Bertz CT molecular complexity index is 1570. The van der Waals surface area contributed by atoms with Gasteiger partial charge in [-0.05, 0) is 42.5 Å². The summed E-state index contributed by atoms with van der Waals surface area (Å²) in [7, 11) is -1.07. The number of methoxy groups -OCH3 is 1. The number of anilines is 2. The van der Waals surface area contributed by atoms with Gasteiger partial charge in [-0.2, -0.15) is 0 Å². The molecule has 13 heteroatoms. The van der Waals surface area contributed by atoms with Crippen LogP contribution < -0.4 is 20.1 Å². The molecule has 210 valence electrons. The lowest BCUT2D eigenvalue weighted by Gasteiger charge is -2.29. The summed E-state index contributed by atoms with van der Waals surface area (Å²) in [5.41, 5.74) is 8.49. The number of ether oxygens (including phenoxy) is 2. The number of nitrogens with zero attached hydrogens (tertiary/aromatic N) is 5. The number of hydrogen-bond acceptors (Lipinski definition) is 10. The van der Waals surface area contributed by atoms with Crippen molar-refractivity contribution in [1.82, 2.24) is 24.7 Å². The summed E-state index contributed by atoms with van der Waals surface area (Å²) in [4.78, 5) is 20.0. The standard InChI is InChI=1S/C27H30FN7O4S/c1-38-22-14-18(20-7-4-6-17(23(20)28)5-2-3-8-32-40(36)37)13-21-24(22)33-25(19-15-30-27(29)31-16-19)34-26(21)35-9-11-39-12-10-35/h4,6-7,13-16,40H,2-3,5,8-12H2,1H3,(H2,29,30,31)(H,32,36,37). The molecule has 0 aliphatic carbocycles. The van der Waals surface area contributed by atoms with Crippen molar-refractivity contribution in [2.24, 2.45) is 0 Å². The fourth-order valence-electron chi connectivity index (χ4n) is 4.70. The molecule has 2 aromatic heterocycles. The van der Waals surface area contributed by atoms with Crippen LogP contribution in [-0.4, -0.2) is 68.3 Å². The molecule has 0 amide bonds. The average molecular weight is 568 g/mol. The number of rotatable bonds is 10. The third-order valence-electron chi connectivity index (χ3n) is 6.71. The van der Waals surface area contributed by atoms with Crippen molar-refractivity contribution in [3.63, 3.8) is 0 Å². The number of fused-ring (bicyclic) bond motifs is 1. The highest BCUT2D eigenvalue weighted by Crippen LogP contribution is 2.38. The van der Waals surface area contributed by atoms with E-state index in [0.29, 0.717) is 97.3 Å². The molecule has 11 nitrogen and oxygen atoms in total. The maximum atomic E-state index is 15.8. The van der Waals surface area contributed by atoms with Crippen molar-refractivity contribution < 1.29 is 22.3 Å². The van der Waals surface area contributed by atoms with E-state index in [1.54, 1.807) is 37.7 Å². The summed E-state index contributed by atoms with van der Waals surface area (Å²) in [6, 6.07) is 8.97. The Kier molecular flexibility index (Phi) is 8.63. The Morgan fingerprint density at radius 1 is 1.10 bits per heavy atom. The molecule has 0 spiro atoms. The quantitative estimate of drug-likeness (QED) is 0.193. The van der Waals surface area contributed by atoms with E-state index < -0.39 is 10.9 Å². The highest BCUT2D eigenvalue weighted by Gasteiger charge is 2.22. The van der Waals surface area contributed by atoms with Gasteiger partial charge < -0.3 is 20.1 Å². The lowest BCUT2D eigenvalue weighted by Crippen LogP contribution is -2.37. The first-order valence-electron chi connectivity index (χ1n) is 12.9. The first-order chi connectivity index (χ1) is 19.4. The molecule has 1 saturated heterocycles. The van der Waals surface area contributed by atoms with Crippen LogP contribution in [0.2, 0.25) is 0 Å². The van der Waals surface area contributed by atoms with Crippen LogP contribution >= 0.6 is 0 Å². The molecule has 1 fully saturated rings. The monoisotopic (exact) mass is 567 g/mol. The predicted molar refractivity (Wildman–Crippen MR) is 151 cm³/mol. The number of aromatic nitrogens is 4. The van der Waals surface area contributed by atoms with E-state index in [4.69, 9.17) is 25.2 Å². The van der Waals surface area contributed by atoms with Gasteiger partial charge in [0.1, 0.15) is 22.9 Å². The van der Waals surface area contributed by atoms with Crippen LogP contribution in [-0.2, 0) is 22.0 Å². The van der Waals surface area contributed by atoms with Crippen molar-refractivity contribution in [3.8, 4) is 28.3 Å². The zero-order valence-corrected chi connectivity index (χ0v) is 22.9. The number of nitrogens with two attached hydrogens (primary N) is 1. The molecule has 0 saturated carbocycles. The maximum Gasteiger partial charge on any atom is 0.219 e. The van der Waals surface area contributed by atoms with E-state index >= 15 is 4.39 Å². The highest BCUT2D eigenvalue weighted by molar-refractivity contribution is 7.70. The minimum Gasteiger partial charge on any atom is -0.494 e. The fourth-order valence-corrected chi connectivity index (χ4v) is 5.04. The van der Waals surface area contributed by atoms with Gasteiger partial charge in [0.05, 0.1) is 25.9 Å². The number of morpholine rings is 1. The lowest BCUT2D eigenvalue weighted by molar-refractivity contribution is 0.122. The van der Waals surface area contributed by atoms with E-state index in [0.717, 1.165) is 5.39 Å². The van der Waals surface area contributed by atoms with Crippen molar-refractivity contribution >= 4 is 33.6 Å². The molecular weight excluding hydrogens is 537 g/mol. The lowest BCUT2D eigenvalue weighted by atomic mass is 9.97. The number of nitrogens with one attached hydrogen (secondary N) is 1. The number of unbranched alkanes of at least 4 members (excludes halogenated alkanes) is 1. The molecule has 0 radical (unpaired) electrons. The Morgan fingerprint density at radius 2 is 1.88 bits per heavy atom. The van der Waals surface area contributed by atoms with Crippen LogP contribution in [0.25, 0.3) is 33.4 Å². The molecule has 3 heterocycles. The Morgan fingerprint density at radius 3 is 2.60 bits per heavy atom. The number of thiol groups is 1. The zero-order chi connectivity index (χ0) is 28.1. The summed E-state index contributed by atoms with van der Waals surface area (Å²) < 4.78 is 50.8. The average Bonchev–Trinajstić information content (AvgIpc) is 2.97. The van der Waals surface area contributed by atoms with Crippen LogP contribution in [0, 0.1) is 5.82 Å². The van der Waals surface area contributed by atoms with Gasteiger partial charge in [0.15, 0.2) is 5.82 Å². The van der Waals surface area contributed by atoms with Gasteiger partial charge in [-0.25, -0.2) is 37.5 Å². The molecule has 2 aromatic carbocycles. The third kappa shape index (κ3) is 6.11. The van der Waals surface area contributed by atoms with Gasteiger partial charge in [0.25, 0.3) is 0 Å². The van der Waals surface area contributed by atoms with Gasteiger partial charge in [-0.3, -0.25) is 0 Å². The number of halogens is 1. The van der Waals surface area contributed by atoms with Crippen molar-refractivity contribution in [2.75, 3.05) is 50.6 Å². The van der Waals surface area contributed by atoms with E-state index in [9.17, 15) is 8.42 Å². The summed E-state index contributed by atoms with van der Waals surface area (Å²) in [6.45, 7) is 2.71. The van der Waals surface area contributed by atoms with Crippen molar-refractivity contribution in [3.05, 3.63) is 54.1 Å². The van der Waals surface area contributed by atoms with E-state index in [-0.39, 0.29) is 11.8 Å². The van der Waals surface area contributed by atoms with Crippen LogP contribution in [0.5, 0.6) is 5.75 Å². The van der Waals surface area contributed by atoms with Crippen molar-refractivity contribution in [1.29, 1.82) is 0 Å². The van der Waals surface area contributed by atoms with Gasteiger partial charge in [0, 0.05) is 43.0 Å². The van der Waals surface area contributed by atoms with Gasteiger partial charge in [-0.15, -0.1) is 0 Å². The number of hydrogen-bond donors (Lipinski definition) is 3. The second-order valence-corrected chi connectivity index (χ2v) is 10.1. The second kappa shape index (κ2) is 12.5. The van der Waals surface area contributed by atoms with E-state index in [2.05, 4.69) is 19.6 Å². The van der Waals surface area contributed by atoms with Gasteiger partial charge in [-0.1, -0.05) is 18.2 Å². The number of benzene rings is 2. The summed E-state index contributed by atoms with van der Waals surface area (Å²) >= 11 is 0. The Hall–Kier alpha value is -3.94. The van der Waals surface area contributed by atoms with Crippen LogP contribution in [0.15, 0.2) is 42.7 Å². The Balaban J connectivity index is 1.58. The summed E-state index contributed by atoms with van der Waals surface area (Å²) in [5.74, 6) is 1.41. The number of nitrogen functional groups attached to an aromatic ring is 1. The summed E-state index contributed by atoms with van der Waals surface area (Å²) in [5, 5.41) is 0.721. The molecule has 1 aliphatic rings. The molecule has 0 bridgehead atoms. The minimum atomic E-state index is -2.63. The second-order valence-electron chi connectivity index (χ2n) is 9.28. The zero-order valence-electron chi connectivity index (χ0n) is 22.0. The molecule has 4 aromatic rings. The van der Waals surface area contributed by atoms with E-state index in [1.165, 1.54) is 0 Å². The highest BCUT2D eigenvalue weighted by atomic mass is 32.2. The first-order valence-corrected chi connectivity index (χ1v) is 14.1. The van der Waals surface area contributed by atoms with Crippen LogP contribution in [0.4, 0.5) is 16.2 Å². The molecular formula is C27H30FN7O4S. The largest absolute Gasteiger partial charge is 0.494 e. The fraction of sp³-hybridized carbons (Fsp3) is 0.333. The SMILES string of the molecule is COc1cc(-c2cccc(CCCCN[SH](=O)=O)c2F)cc2c(N3CCOCC3)nc(-c3cnc(N)nc3)nc12. The first kappa shape index (κ1) is 27.6. The molecule has 0 unspecified atom stereocenters. The van der Waals surface area contributed by atoms with Gasteiger partial charge in [0.2, 0.25) is 16.8 Å². The molecule has 3 N–H and O–H groups in total. The predicted octanol–water partition coefficient (Wildman–Crippen LogP) is 2.76. The Labute approximate surface area is 232 Å². The molecule has 40 heavy (non-hydrogen) atoms. The smallest absolute Gasteiger partial charge is 0.219 e. The topological polar surface area (TPSA) is 145 Å². The molecule has 5 rings (SSSR count). The molecule has 1 aliphatic heterocycles. The summed E-state index contributed by atoms with van der Waals surface area (Å²) in [6.07, 6.45) is 4.88. The van der Waals surface area contributed by atoms with Crippen LogP contribution in [0.1, 0.15) is 18.4 Å². The van der Waals surface area contributed by atoms with Crippen molar-refractivity contribution in [2.45, 2.75) is 19.3 Å². The maximum absolute atomic E-state index is 15.8.